The van der Waals surface area contributed by atoms with E-state index in [0.29, 0.717) is 11.3 Å². The Balaban J connectivity index is 1.43. The molecule has 1 aliphatic heterocycles. The van der Waals surface area contributed by atoms with E-state index in [2.05, 4.69) is 15.4 Å². The molecule has 1 saturated heterocycles. The average Bonchev–Trinajstić information content (AvgIpc) is 3.36. The van der Waals surface area contributed by atoms with Gasteiger partial charge in [-0.3, -0.25) is 9.59 Å². The molecule has 2 amide bonds. The smallest absolute Gasteiger partial charge is 0.432 e. The molecule has 2 atom stereocenters. The van der Waals surface area contributed by atoms with Crippen LogP contribution in [-0.4, -0.2) is 88.3 Å². The van der Waals surface area contributed by atoms with E-state index in [-0.39, 0.29) is 43.0 Å². The summed E-state index contributed by atoms with van der Waals surface area (Å²) in [7, 11) is 2.93. The zero-order valence-corrected chi connectivity index (χ0v) is 22.4. The number of alkyl halides is 2. The minimum absolute atomic E-state index is 0.0619. The predicted octanol–water partition coefficient (Wildman–Crippen LogP) is 3.25. The van der Waals surface area contributed by atoms with Gasteiger partial charge in [0.05, 0.1) is 30.8 Å². The Kier molecular flexibility index (Phi) is 7.62. The molecular weight excluding hydrogens is 544 g/mol. The van der Waals surface area contributed by atoms with Gasteiger partial charge in [-0.2, -0.15) is 9.78 Å². The number of nitrogens with one attached hydrogen (secondary N) is 1. The molecule has 0 radical (unpaired) electrons. The van der Waals surface area contributed by atoms with E-state index >= 15 is 0 Å². The summed E-state index contributed by atoms with van der Waals surface area (Å²) in [6.07, 6.45) is -1.86. The number of nitrogens with zero attached hydrogens (tertiary/aromatic N) is 4. The van der Waals surface area contributed by atoms with Crippen LogP contribution >= 0.6 is 0 Å². The van der Waals surface area contributed by atoms with Gasteiger partial charge < -0.3 is 29.5 Å². The van der Waals surface area contributed by atoms with Crippen LogP contribution in [0.1, 0.15) is 31.2 Å². The van der Waals surface area contributed by atoms with E-state index in [1.807, 2.05) is 0 Å². The number of fused-ring (bicyclic) bond motifs is 1. The van der Waals surface area contributed by atoms with Crippen molar-refractivity contribution in [1.29, 1.82) is 0 Å². The fraction of sp³-hybridized carbons (Fsp3) is 0.444. The van der Waals surface area contributed by atoms with Crippen molar-refractivity contribution < 1.29 is 42.5 Å². The van der Waals surface area contributed by atoms with Crippen molar-refractivity contribution in [1.82, 2.24) is 19.7 Å². The van der Waals surface area contributed by atoms with Crippen molar-refractivity contribution in [2.75, 3.05) is 32.9 Å². The molecule has 218 valence electrons. The number of carboxylic acid groups (broad SMARTS) is 1. The summed E-state index contributed by atoms with van der Waals surface area (Å²) in [5.41, 5.74) is -0.226. The fourth-order valence-corrected chi connectivity index (χ4v) is 5.48. The van der Waals surface area contributed by atoms with Crippen LogP contribution in [0.25, 0.3) is 11.0 Å². The van der Waals surface area contributed by atoms with Gasteiger partial charge in [-0.15, -0.1) is 0 Å². The number of halogens is 2. The molecule has 5 rings (SSSR count). The largest absolute Gasteiger partial charge is 0.497 e. The quantitative estimate of drug-likeness (QED) is 0.388. The molecule has 41 heavy (non-hydrogen) atoms. The summed E-state index contributed by atoms with van der Waals surface area (Å²) in [5.74, 6) is -3.26. The first kappa shape index (κ1) is 28.4. The lowest BCUT2D eigenvalue weighted by molar-refractivity contribution is -0.184. The molecule has 2 N–H and O–H groups in total. The summed E-state index contributed by atoms with van der Waals surface area (Å²) in [6.45, 7) is -0.0582. The maximum Gasteiger partial charge on any atom is 0.432 e. The van der Waals surface area contributed by atoms with Crippen molar-refractivity contribution in [3.63, 3.8) is 0 Å². The molecule has 2 aromatic heterocycles. The van der Waals surface area contributed by atoms with Crippen LogP contribution in [0.15, 0.2) is 42.6 Å². The number of likely N-dealkylation sites (tertiary alicyclic amines) is 1. The van der Waals surface area contributed by atoms with Gasteiger partial charge in [0.1, 0.15) is 36.0 Å². The number of methoxy groups -OCH3 is 2. The Hall–Kier alpha value is -4.17. The van der Waals surface area contributed by atoms with Crippen LogP contribution < -0.4 is 10.1 Å². The highest BCUT2D eigenvalue weighted by Gasteiger charge is 2.56. The lowest BCUT2D eigenvalue weighted by Gasteiger charge is -2.51. The highest BCUT2D eigenvalue weighted by molar-refractivity contribution is 6.01. The number of carbonyl (C=O) groups excluding carboxylic acids is 2. The number of benzene rings is 1. The second-order valence-corrected chi connectivity index (χ2v) is 10.1. The molecule has 0 spiro atoms. The molecule has 1 saturated carbocycles. The van der Waals surface area contributed by atoms with Crippen molar-refractivity contribution in [3.8, 4) is 5.75 Å². The summed E-state index contributed by atoms with van der Waals surface area (Å²) in [4.78, 5) is 44.6. The van der Waals surface area contributed by atoms with Crippen LogP contribution in [0.4, 0.5) is 19.4 Å². The Morgan fingerprint density at radius 1 is 1.07 bits per heavy atom. The van der Waals surface area contributed by atoms with E-state index in [9.17, 15) is 28.3 Å². The van der Waals surface area contributed by atoms with Crippen LogP contribution in [0.2, 0.25) is 0 Å². The second-order valence-electron chi connectivity index (χ2n) is 10.1. The molecule has 1 aliphatic carbocycles. The molecule has 1 aromatic carbocycles. The Labute approximate surface area is 233 Å². The van der Waals surface area contributed by atoms with Gasteiger partial charge in [-0.1, -0.05) is 12.1 Å². The maximum absolute atomic E-state index is 14.3. The second kappa shape index (κ2) is 11.0. The van der Waals surface area contributed by atoms with Crippen LogP contribution in [0, 0.1) is 0 Å². The summed E-state index contributed by atoms with van der Waals surface area (Å²) in [5, 5.41) is 15.7. The standard InChI is InChI=1S/C27H29F2N5O7/c1-39-15-41-20-14-33(22(20)23(35)32-21-8-7-19-18(31-21)13-30-34(19)25(37)38)24(36)26(9-11-27(28,29)12-10-26)16-3-5-17(40-2)6-4-16/h3-8,13,20,22H,9-12,14-15H2,1-2H3,(H,37,38)(H,31,32,35)/t20-,22-/m1/s1. The normalized spacial score (nSPS) is 21.2. The first-order valence-corrected chi connectivity index (χ1v) is 12.9. The zero-order valence-electron chi connectivity index (χ0n) is 22.4. The third-order valence-corrected chi connectivity index (χ3v) is 7.74. The van der Waals surface area contributed by atoms with E-state index in [0.717, 1.165) is 4.68 Å². The summed E-state index contributed by atoms with van der Waals surface area (Å²) < 4.78 is 45.1. The fourth-order valence-electron chi connectivity index (χ4n) is 5.48. The first-order chi connectivity index (χ1) is 19.6. The molecule has 0 unspecified atom stereocenters. The van der Waals surface area contributed by atoms with Gasteiger partial charge in [0.15, 0.2) is 0 Å². The van der Waals surface area contributed by atoms with E-state index in [4.69, 9.17) is 14.2 Å². The third-order valence-electron chi connectivity index (χ3n) is 7.74. The monoisotopic (exact) mass is 573 g/mol. The average molecular weight is 574 g/mol. The van der Waals surface area contributed by atoms with E-state index in [1.54, 1.807) is 24.3 Å². The zero-order chi connectivity index (χ0) is 29.4. The Bertz CT molecular complexity index is 1450. The van der Waals surface area contributed by atoms with Gasteiger partial charge in [0, 0.05) is 20.0 Å². The van der Waals surface area contributed by atoms with E-state index in [1.165, 1.54) is 37.4 Å². The minimum atomic E-state index is -2.88. The molecule has 12 nitrogen and oxygen atoms in total. The molecule has 2 fully saturated rings. The molecule has 3 heterocycles. The predicted molar refractivity (Wildman–Crippen MR) is 140 cm³/mol. The molecular formula is C27H29F2N5O7. The Morgan fingerprint density at radius 2 is 1.78 bits per heavy atom. The van der Waals surface area contributed by atoms with Gasteiger partial charge in [0.25, 0.3) is 5.91 Å². The number of hydrogen-bond acceptors (Lipinski definition) is 8. The lowest BCUT2D eigenvalue weighted by Crippen LogP contribution is -2.70. The molecule has 14 heteroatoms. The minimum Gasteiger partial charge on any atom is -0.497 e. The summed E-state index contributed by atoms with van der Waals surface area (Å²) in [6, 6.07) is 8.53. The number of pyridine rings is 1. The van der Waals surface area contributed by atoms with Crippen molar-refractivity contribution in [2.24, 2.45) is 0 Å². The van der Waals surface area contributed by atoms with E-state index < -0.39 is 54.2 Å². The van der Waals surface area contributed by atoms with Crippen molar-refractivity contribution in [3.05, 3.63) is 48.2 Å². The number of aromatic nitrogens is 3. The van der Waals surface area contributed by atoms with Crippen molar-refractivity contribution in [2.45, 2.75) is 49.2 Å². The first-order valence-electron chi connectivity index (χ1n) is 12.9. The van der Waals surface area contributed by atoms with Crippen molar-refractivity contribution >= 4 is 34.8 Å². The van der Waals surface area contributed by atoms with Crippen LogP contribution in [-0.2, 0) is 24.5 Å². The lowest BCUT2D eigenvalue weighted by atomic mass is 9.66. The summed E-state index contributed by atoms with van der Waals surface area (Å²) >= 11 is 0. The third kappa shape index (κ3) is 5.32. The van der Waals surface area contributed by atoms with Gasteiger partial charge in [0.2, 0.25) is 11.8 Å². The SMILES string of the molecule is COCO[C@@H]1CN(C(=O)C2(c3ccc(OC)cc3)CCC(F)(F)CC2)[C@H]1C(=O)Nc1ccc2c(cnn2C(=O)O)n1. The number of rotatable bonds is 8. The molecule has 2 aliphatic rings. The Morgan fingerprint density at radius 3 is 2.41 bits per heavy atom. The molecule has 0 bridgehead atoms. The number of ether oxygens (including phenoxy) is 3. The number of anilines is 1. The topological polar surface area (TPSA) is 145 Å². The number of carbonyl (C=O) groups is 3. The molecule has 3 aromatic rings. The number of hydrogen-bond donors (Lipinski definition) is 2. The highest BCUT2D eigenvalue weighted by Crippen LogP contribution is 2.48. The van der Waals surface area contributed by atoms with Gasteiger partial charge in [-0.25, -0.2) is 18.6 Å². The van der Waals surface area contributed by atoms with Gasteiger partial charge >= 0.3 is 6.09 Å². The maximum atomic E-state index is 14.3. The van der Waals surface area contributed by atoms with Crippen LogP contribution in [0.3, 0.4) is 0 Å². The highest BCUT2D eigenvalue weighted by atomic mass is 19.3. The number of amides is 2. The van der Waals surface area contributed by atoms with Gasteiger partial charge in [-0.05, 0) is 42.7 Å². The van der Waals surface area contributed by atoms with Crippen LogP contribution in [0.5, 0.6) is 5.75 Å².